The van der Waals surface area contributed by atoms with Crippen molar-refractivity contribution in [2.45, 2.75) is 0 Å². The topological polar surface area (TPSA) is 34.1 Å². The van der Waals surface area contributed by atoms with Crippen molar-refractivity contribution in [1.29, 1.82) is 0 Å². The van der Waals surface area contributed by atoms with Gasteiger partial charge < -0.3 is 0 Å². The summed E-state index contributed by atoms with van der Waals surface area (Å²) in [6.45, 7) is 0. The van der Waals surface area contributed by atoms with Crippen molar-refractivity contribution in [3.63, 3.8) is 0 Å². The molecule has 5 heavy (non-hydrogen) atoms. The van der Waals surface area contributed by atoms with Gasteiger partial charge in [-0.2, -0.15) is 0 Å². The molecule has 0 aromatic rings. The third-order valence-electron chi connectivity index (χ3n) is 0. The van der Waals surface area contributed by atoms with E-state index in [9.17, 15) is 0 Å². The van der Waals surface area contributed by atoms with Gasteiger partial charge in [-0.25, -0.2) is 0 Å². The fourth-order valence-electron chi connectivity index (χ4n) is 0. The molecule has 0 aromatic heterocycles. The first-order valence-electron chi connectivity index (χ1n) is 0.697. The molecule has 0 spiro atoms. The standard InChI is InChI=1S/O2Si.S.Zn/c1-3-2;;. The average Bonchev–Trinajstić information content (AvgIpc) is 1.46. The molecule has 0 aliphatic carbocycles. The summed E-state index contributed by atoms with van der Waals surface area (Å²) in [7, 11) is 2.79. The quantitative estimate of drug-likeness (QED) is 0.465. The van der Waals surface area contributed by atoms with Crippen LogP contribution in [0.4, 0.5) is 0 Å². The first-order chi connectivity index (χ1) is 2.41. The first-order valence-corrected chi connectivity index (χ1v) is 5.72. The van der Waals surface area contributed by atoms with Gasteiger partial charge in [-0.15, -0.1) is 0 Å². The summed E-state index contributed by atoms with van der Waals surface area (Å²) in [5.74, 6) is 0. The molecule has 24 valence electrons. The molecule has 0 saturated heterocycles. The van der Waals surface area contributed by atoms with Crippen molar-refractivity contribution in [3.8, 4) is 0 Å². The zero-order valence-electron chi connectivity index (χ0n) is 2.43. The van der Waals surface area contributed by atoms with E-state index in [1.54, 1.807) is 0 Å². The molecule has 0 aliphatic rings. The fraction of sp³-hybridized carbons (Fsp3) is 0. The van der Waals surface area contributed by atoms with Gasteiger partial charge in [-0.05, 0) is 0 Å². The molecule has 0 heterocycles. The van der Waals surface area contributed by atoms with Crippen molar-refractivity contribution >= 4 is 19.4 Å². The van der Waals surface area contributed by atoms with E-state index in [0.29, 0.717) is 0 Å². The van der Waals surface area contributed by atoms with E-state index in [4.69, 9.17) is 8.92 Å². The summed E-state index contributed by atoms with van der Waals surface area (Å²) in [5.41, 5.74) is 0. The van der Waals surface area contributed by atoms with Crippen LogP contribution in [0.1, 0.15) is 0 Å². The van der Waals surface area contributed by atoms with Crippen LogP contribution < -0.4 is 0 Å². The number of hydrogen-bond acceptors (Lipinski definition) is 3. The molecule has 5 heteroatoms. The second-order valence-corrected chi connectivity index (χ2v) is 0.250. The normalized spacial score (nSPS) is 2.80. The van der Waals surface area contributed by atoms with E-state index in [2.05, 4.69) is 10.1 Å². The van der Waals surface area contributed by atoms with Crippen LogP contribution >= 0.6 is 10.1 Å². The van der Waals surface area contributed by atoms with Gasteiger partial charge in [0.1, 0.15) is 0 Å². The molecule has 0 rings (SSSR count). The van der Waals surface area contributed by atoms with Crippen LogP contribution in [0.25, 0.3) is 0 Å². The monoisotopic (exact) mass is 156 g/mol. The van der Waals surface area contributed by atoms with Crippen molar-refractivity contribution < 1.29 is 25.5 Å². The SMILES string of the molecule is O=[Si]=O.[S]=[Zn]. The van der Waals surface area contributed by atoms with E-state index in [1.165, 1.54) is 0 Å². The molecular weight excluding hydrogens is 158 g/mol. The van der Waals surface area contributed by atoms with Crippen molar-refractivity contribution in [3.05, 3.63) is 0 Å². The van der Waals surface area contributed by atoms with Crippen molar-refractivity contribution in [2.24, 2.45) is 0 Å². The summed E-state index contributed by atoms with van der Waals surface area (Å²) in [4.78, 5) is 0. The molecule has 0 N–H and O–H groups in total. The van der Waals surface area contributed by atoms with E-state index in [-0.39, 0.29) is 0 Å². The van der Waals surface area contributed by atoms with Crippen LogP contribution in [0.15, 0.2) is 0 Å². The molecule has 0 fully saturated rings. The zero-order chi connectivity index (χ0) is 4.71. The number of rotatable bonds is 0. The van der Waals surface area contributed by atoms with Crippen LogP contribution in [-0.2, 0) is 25.5 Å². The molecule has 0 amide bonds. The molecular formula is O2SSiZn. The van der Waals surface area contributed by atoms with Gasteiger partial charge in [0.15, 0.2) is 0 Å². The molecule has 0 bridgehead atoms. The van der Waals surface area contributed by atoms with E-state index < -0.39 is 9.29 Å². The summed E-state index contributed by atoms with van der Waals surface area (Å²) >= 11 is 0.958. The van der Waals surface area contributed by atoms with E-state index >= 15 is 0 Å². The Balaban J connectivity index is 0. The Kier molecular flexibility index (Phi) is 41.6. The second-order valence-electron chi connectivity index (χ2n) is 0.0833. The number of hydrogen-bond donors (Lipinski definition) is 0. The fourth-order valence-corrected chi connectivity index (χ4v) is 0. The van der Waals surface area contributed by atoms with Crippen molar-refractivity contribution in [1.82, 2.24) is 0 Å². The zero-order valence-corrected chi connectivity index (χ0v) is 7.22. The third kappa shape index (κ3) is 75.7. The maximum atomic E-state index is 8.40. The molecule has 0 saturated carbocycles. The Morgan fingerprint density at radius 1 is 1.40 bits per heavy atom. The summed E-state index contributed by atoms with van der Waals surface area (Å²) < 4.78 is 16.8. The molecule has 0 unspecified atom stereocenters. The molecule has 0 radical (unpaired) electrons. The van der Waals surface area contributed by atoms with Crippen molar-refractivity contribution in [2.75, 3.05) is 0 Å². The Morgan fingerprint density at radius 3 is 1.40 bits per heavy atom. The summed E-state index contributed by atoms with van der Waals surface area (Å²) in [6.07, 6.45) is 0. The van der Waals surface area contributed by atoms with Crippen LogP contribution in [0.2, 0.25) is 0 Å². The van der Waals surface area contributed by atoms with Crippen LogP contribution in [0.3, 0.4) is 0 Å². The average molecular weight is 158 g/mol. The van der Waals surface area contributed by atoms with Gasteiger partial charge in [0.2, 0.25) is 0 Å². The van der Waals surface area contributed by atoms with Gasteiger partial charge in [-0.1, -0.05) is 0 Å². The Hall–Kier alpha value is 0.660. The third-order valence-corrected chi connectivity index (χ3v) is 0. The Morgan fingerprint density at radius 2 is 1.40 bits per heavy atom. The molecule has 0 aliphatic heterocycles. The maximum absolute atomic E-state index is 8.40. The summed E-state index contributed by atoms with van der Waals surface area (Å²) in [5, 5.41) is 0. The minimum atomic E-state index is -1.42. The van der Waals surface area contributed by atoms with E-state index in [1.807, 2.05) is 0 Å². The minimum absolute atomic E-state index is 0.958. The van der Waals surface area contributed by atoms with Gasteiger partial charge >= 0.3 is 36.0 Å². The second kappa shape index (κ2) is 22.7. The van der Waals surface area contributed by atoms with E-state index in [0.717, 1.165) is 16.6 Å². The van der Waals surface area contributed by atoms with Gasteiger partial charge in [0.05, 0.1) is 0 Å². The van der Waals surface area contributed by atoms with Crippen LogP contribution in [-0.4, -0.2) is 9.29 Å². The Labute approximate surface area is 45.2 Å². The first kappa shape index (κ1) is 9.18. The van der Waals surface area contributed by atoms with Crippen LogP contribution in [0, 0.1) is 0 Å². The molecule has 0 atom stereocenters. The predicted octanol–water partition coefficient (Wildman–Crippen LogP) is 0.0273. The molecule has 0 aromatic carbocycles. The Bertz CT molecular complexity index is 38.9. The summed E-state index contributed by atoms with van der Waals surface area (Å²) in [6, 6.07) is 0. The van der Waals surface area contributed by atoms with Gasteiger partial charge in [0, 0.05) is 0 Å². The van der Waals surface area contributed by atoms with Crippen LogP contribution in [0.5, 0.6) is 0 Å². The predicted molar refractivity (Wildman–Crippen MR) is 14.7 cm³/mol. The molecule has 2 nitrogen and oxygen atoms in total. The van der Waals surface area contributed by atoms with Gasteiger partial charge in [0.25, 0.3) is 0 Å². The van der Waals surface area contributed by atoms with Gasteiger partial charge in [-0.3, -0.25) is 8.92 Å².